The minimum Gasteiger partial charge on any atom is -0.338 e. The number of guanidine groups is 1. The summed E-state index contributed by atoms with van der Waals surface area (Å²) >= 11 is 0. The smallest absolute Gasteiger partial charge is 0.274 e. The van der Waals surface area contributed by atoms with Crippen molar-refractivity contribution in [2.45, 2.75) is 19.9 Å². The van der Waals surface area contributed by atoms with Gasteiger partial charge in [-0.25, -0.2) is 4.99 Å². The Labute approximate surface area is 193 Å². The van der Waals surface area contributed by atoms with Crippen LogP contribution in [0.4, 0.5) is 5.69 Å². The van der Waals surface area contributed by atoms with Crippen molar-refractivity contribution in [3.05, 3.63) is 83.2 Å². The molecule has 0 radical (unpaired) electrons. The first kappa shape index (κ1) is 22.1. The molecule has 0 saturated carbocycles. The Bertz CT molecular complexity index is 1190. The van der Waals surface area contributed by atoms with Crippen molar-refractivity contribution in [1.29, 1.82) is 5.26 Å². The summed E-state index contributed by atoms with van der Waals surface area (Å²) in [4.78, 5) is 22.0. The van der Waals surface area contributed by atoms with Crippen molar-refractivity contribution >= 4 is 17.6 Å². The molecule has 1 saturated heterocycles. The maximum absolute atomic E-state index is 13.4. The summed E-state index contributed by atoms with van der Waals surface area (Å²) in [5.74, 6) is 0.381. The number of nitrogens with zero attached hydrogens (tertiary/aromatic N) is 6. The number of hydrogen-bond acceptors (Lipinski definition) is 4. The van der Waals surface area contributed by atoms with Gasteiger partial charge >= 0.3 is 0 Å². The van der Waals surface area contributed by atoms with Gasteiger partial charge in [-0.3, -0.25) is 14.8 Å². The van der Waals surface area contributed by atoms with E-state index in [0.717, 1.165) is 22.5 Å². The maximum Gasteiger partial charge on any atom is 0.274 e. The van der Waals surface area contributed by atoms with Gasteiger partial charge in [0, 0.05) is 32.4 Å². The minimum absolute atomic E-state index is 0.0992. The van der Waals surface area contributed by atoms with Crippen LogP contribution in [0.1, 0.15) is 33.4 Å². The number of carbonyl (C=O) groups is 1. The highest BCUT2D eigenvalue weighted by Gasteiger charge is 2.34. The second-order valence-electron chi connectivity index (χ2n) is 8.12. The molecule has 0 spiro atoms. The predicted octanol–water partition coefficient (Wildman–Crippen LogP) is 3.29. The number of aromatic nitrogens is 2. The van der Waals surface area contributed by atoms with Gasteiger partial charge in [-0.05, 0) is 37.1 Å². The van der Waals surface area contributed by atoms with Crippen molar-refractivity contribution in [2.75, 3.05) is 19.6 Å². The Hall–Kier alpha value is -4.12. The number of para-hydroxylation sites is 1. The van der Waals surface area contributed by atoms with Crippen LogP contribution >= 0.6 is 0 Å². The Balaban J connectivity index is 1.67. The van der Waals surface area contributed by atoms with Crippen LogP contribution in [0.15, 0.2) is 65.7 Å². The molecular formula is C25H27N7O. The number of rotatable bonds is 3. The summed E-state index contributed by atoms with van der Waals surface area (Å²) in [6, 6.07) is 19.3. The minimum atomic E-state index is -0.211. The second kappa shape index (κ2) is 9.57. The van der Waals surface area contributed by atoms with Gasteiger partial charge in [-0.15, -0.1) is 0 Å². The number of aliphatic imine (C=N–C) groups is 1. The van der Waals surface area contributed by atoms with Gasteiger partial charge in [-0.2, -0.15) is 10.4 Å². The lowest BCUT2D eigenvalue weighted by molar-refractivity contribution is 0.0541. The van der Waals surface area contributed by atoms with Gasteiger partial charge in [0.1, 0.15) is 0 Å². The van der Waals surface area contributed by atoms with Crippen LogP contribution in [0.3, 0.4) is 0 Å². The van der Waals surface area contributed by atoms with Gasteiger partial charge in [0.25, 0.3) is 5.91 Å². The Morgan fingerprint density at radius 1 is 1.12 bits per heavy atom. The fourth-order valence-electron chi connectivity index (χ4n) is 4.02. The van der Waals surface area contributed by atoms with Crippen molar-refractivity contribution in [2.24, 2.45) is 12.0 Å². The Morgan fingerprint density at radius 2 is 1.85 bits per heavy atom. The second-order valence-corrected chi connectivity index (χ2v) is 8.12. The van der Waals surface area contributed by atoms with Crippen LogP contribution in [0.5, 0.6) is 0 Å². The van der Waals surface area contributed by atoms with Crippen LogP contribution in [-0.4, -0.2) is 51.1 Å². The molecule has 1 aliphatic heterocycles. The standard InChI is InChI=1S/C25H27N7O/c1-18-9-7-8-12-21(18)28-25(27-17-26)31-13-14-32(23(16-31)20-10-5-4-6-11-20)24(33)22-15-19(2)30(3)29-22/h4-12,15,23H,13-14,16H2,1-3H3,(H,27,28). The van der Waals surface area contributed by atoms with Gasteiger partial charge in [0.2, 0.25) is 5.96 Å². The van der Waals surface area contributed by atoms with E-state index in [4.69, 9.17) is 4.99 Å². The third kappa shape index (κ3) is 4.72. The number of amides is 1. The quantitative estimate of drug-likeness (QED) is 0.292. The average molecular weight is 442 g/mol. The lowest BCUT2D eigenvalue weighted by Gasteiger charge is -2.42. The van der Waals surface area contributed by atoms with Gasteiger partial charge in [-0.1, -0.05) is 48.5 Å². The molecule has 8 nitrogen and oxygen atoms in total. The molecule has 1 unspecified atom stereocenters. The number of benzene rings is 2. The topological polar surface area (TPSA) is 89.5 Å². The molecule has 4 rings (SSSR count). The van der Waals surface area contributed by atoms with E-state index < -0.39 is 0 Å². The van der Waals surface area contributed by atoms with Crippen molar-refractivity contribution in [3.8, 4) is 6.19 Å². The SMILES string of the molecule is Cc1ccccc1N=C(NC#N)N1CCN(C(=O)c2cc(C)n(C)n2)C(c2ccccc2)C1. The molecule has 1 aromatic heterocycles. The molecule has 33 heavy (non-hydrogen) atoms. The first-order chi connectivity index (χ1) is 16.0. The third-order valence-electron chi connectivity index (χ3n) is 5.97. The first-order valence-electron chi connectivity index (χ1n) is 10.9. The van der Waals surface area contributed by atoms with Gasteiger partial charge < -0.3 is 9.80 Å². The lowest BCUT2D eigenvalue weighted by atomic mass is 10.0. The van der Waals surface area contributed by atoms with E-state index in [1.165, 1.54) is 0 Å². The van der Waals surface area contributed by atoms with Crippen LogP contribution in [0, 0.1) is 25.3 Å². The van der Waals surface area contributed by atoms with Crippen molar-refractivity contribution in [3.63, 3.8) is 0 Å². The van der Waals surface area contributed by atoms with Crippen LogP contribution in [0.25, 0.3) is 0 Å². The maximum atomic E-state index is 13.4. The van der Waals surface area contributed by atoms with Gasteiger partial charge in [0.15, 0.2) is 11.9 Å². The molecule has 1 amide bonds. The molecule has 168 valence electrons. The van der Waals surface area contributed by atoms with Crippen LogP contribution in [-0.2, 0) is 7.05 Å². The normalized spacial score (nSPS) is 16.4. The first-order valence-corrected chi connectivity index (χ1v) is 10.9. The number of nitriles is 1. The number of aryl methyl sites for hydroxylation is 3. The van der Waals surface area contributed by atoms with E-state index in [1.807, 2.05) is 97.6 Å². The largest absolute Gasteiger partial charge is 0.338 e. The molecular weight excluding hydrogens is 414 g/mol. The zero-order valence-corrected chi connectivity index (χ0v) is 19.1. The molecule has 1 fully saturated rings. The summed E-state index contributed by atoms with van der Waals surface area (Å²) < 4.78 is 1.71. The zero-order valence-electron chi connectivity index (χ0n) is 19.1. The predicted molar refractivity (Wildman–Crippen MR) is 127 cm³/mol. The highest BCUT2D eigenvalue weighted by atomic mass is 16.2. The van der Waals surface area contributed by atoms with E-state index in [0.29, 0.717) is 31.3 Å². The number of carbonyl (C=O) groups excluding carboxylic acids is 1. The van der Waals surface area contributed by atoms with Crippen LogP contribution < -0.4 is 5.32 Å². The molecule has 2 aromatic carbocycles. The fraction of sp³-hybridized carbons (Fsp3) is 0.280. The van der Waals surface area contributed by atoms with E-state index in [1.54, 1.807) is 4.68 Å². The summed E-state index contributed by atoms with van der Waals surface area (Å²) in [6.45, 7) is 5.44. The van der Waals surface area contributed by atoms with E-state index in [9.17, 15) is 10.1 Å². The highest BCUT2D eigenvalue weighted by molar-refractivity contribution is 5.93. The van der Waals surface area contributed by atoms with E-state index in [2.05, 4.69) is 10.4 Å². The summed E-state index contributed by atoms with van der Waals surface area (Å²) in [5, 5.41) is 16.5. The lowest BCUT2D eigenvalue weighted by Crippen LogP contribution is -2.54. The molecule has 1 aliphatic rings. The average Bonchev–Trinajstić information content (AvgIpc) is 3.18. The molecule has 1 atom stereocenters. The molecule has 8 heteroatoms. The molecule has 0 aliphatic carbocycles. The molecule has 0 bridgehead atoms. The molecule has 1 N–H and O–H groups in total. The monoisotopic (exact) mass is 441 g/mol. The summed E-state index contributed by atoms with van der Waals surface area (Å²) in [6.07, 6.45) is 2.01. The number of hydrogen-bond donors (Lipinski definition) is 1. The number of piperazine rings is 1. The fourth-order valence-corrected chi connectivity index (χ4v) is 4.02. The third-order valence-corrected chi connectivity index (χ3v) is 5.97. The van der Waals surface area contributed by atoms with Crippen molar-refractivity contribution < 1.29 is 4.79 Å². The Kier molecular flexibility index (Phi) is 6.41. The van der Waals surface area contributed by atoms with Crippen LogP contribution in [0.2, 0.25) is 0 Å². The Morgan fingerprint density at radius 3 is 2.52 bits per heavy atom. The summed E-state index contributed by atoms with van der Waals surface area (Å²) in [5.41, 5.74) is 4.21. The van der Waals surface area contributed by atoms with E-state index >= 15 is 0 Å². The summed E-state index contributed by atoms with van der Waals surface area (Å²) in [7, 11) is 1.83. The number of nitrogens with one attached hydrogen (secondary N) is 1. The molecule has 2 heterocycles. The molecule has 3 aromatic rings. The highest BCUT2D eigenvalue weighted by Crippen LogP contribution is 2.28. The van der Waals surface area contributed by atoms with Gasteiger partial charge in [0.05, 0.1) is 11.7 Å². The van der Waals surface area contributed by atoms with E-state index in [-0.39, 0.29) is 11.9 Å². The zero-order chi connectivity index (χ0) is 23.4. The van der Waals surface area contributed by atoms with Crippen molar-refractivity contribution in [1.82, 2.24) is 24.9 Å².